The van der Waals surface area contributed by atoms with Gasteiger partial charge in [-0.15, -0.1) is 20.4 Å². The lowest BCUT2D eigenvalue weighted by atomic mass is 10.8. The van der Waals surface area contributed by atoms with Gasteiger partial charge in [-0.2, -0.15) is 0 Å². The Kier molecular flexibility index (Phi) is 1.63. The van der Waals surface area contributed by atoms with Gasteiger partial charge < -0.3 is 0 Å². The highest BCUT2D eigenvalue weighted by Crippen LogP contribution is 2.22. The summed E-state index contributed by atoms with van der Waals surface area (Å²) < 4.78 is 0. The number of nitrogens with zero attached hydrogens (tertiary/aromatic N) is 4. The van der Waals surface area contributed by atoms with Crippen molar-refractivity contribution in [3.8, 4) is 10.0 Å². The van der Waals surface area contributed by atoms with Crippen LogP contribution in [-0.2, 0) is 0 Å². The molecule has 2 rings (SSSR count). The van der Waals surface area contributed by atoms with E-state index >= 15 is 0 Å². The standard InChI is InChI=1S/C5H3N4S2/c1-3-7-9-5(11-3)4-8-6-2-10-4/h1H3. The normalized spacial score (nSPS) is 10.3. The number of hydrogen-bond acceptors (Lipinski definition) is 6. The number of rotatable bonds is 1. The minimum atomic E-state index is 0.788. The summed E-state index contributed by atoms with van der Waals surface area (Å²) in [7, 11) is 0. The fourth-order valence-corrected chi connectivity index (χ4v) is 1.82. The molecular weight excluding hydrogens is 180 g/mol. The first kappa shape index (κ1) is 6.81. The van der Waals surface area contributed by atoms with E-state index in [0.717, 1.165) is 15.0 Å². The van der Waals surface area contributed by atoms with Gasteiger partial charge in [-0.1, -0.05) is 22.7 Å². The summed E-state index contributed by atoms with van der Waals surface area (Å²) in [6.45, 7) is 1.91. The second-order valence-corrected chi connectivity index (χ2v) is 3.78. The number of hydrogen-bond donors (Lipinski definition) is 0. The topological polar surface area (TPSA) is 51.6 Å². The molecule has 0 aliphatic rings. The van der Waals surface area contributed by atoms with E-state index in [1.807, 2.05) is 6.92 Å². The van der Waals surface area contributed by atoms with Crippen LogP contribution in [0.5, 0.6) is 0 Å². The smallest absolute Gasteiger partial charge is 0.143 e. The molecule has 0 aromatic carbocycles. The Labute approximate surface area is 70.9 Å². The highest BCUT2D eigenvalue weighted by molar-refractivity contribution is 7.20. The van der Waals surface area contributed by atoms with Gasteiger partial charge in [-0.25, -0.2) is 0 Å². The minimum Gasteiger partial charge on any atom is -0.143 e. The van der Waals surface area contributed by atoms with Gasteiger partial charge in [-0.05, 0) is 6.92 Å². The fourth-order valence-electron chi connectivity index (χ4n) is 0.619. The van der Waals surface area contributed by atoms with Crippen LogP contribution in [0.4, 0.5) is 0 Å². The van der Waals surface area contributed by atoms with Crippen molar-refractivity contribution in [3.05, 3.63) is 10.5 Å². The Morgan fingerprint density at radius 1 is 1.18 bits per heavy atom. The summed E-state index contributed by atoms with van der Waals surface area (Å²) in [4.78, 5) is 0. The Morgan fingerprint density at radius 2 is 2.09 bits per heavy atom. The Bertz CT molecular complexity index is 339. The lowest BCUT2D eigenvalue weighted by molar-refractivity contribution is 1.03. The average Bonchev–Trinajstić information content (AvgIpc) is 2.55. The molecule has 6 heteroatoms. The third-order valence-corrected chi connectivity index (χ3v) is 2.65. The summed E-state index contributed by atoms with van der Waals surface area (Å²) in [5, 5.41) is 17.7. The van der Waals surface area contributed by atoms with Crippen LogP contribution in [0, 0.1) is 12.4 Å². The number of aryl methyl sites for hydroxylation is 1. The maximum Gasteiger partial charge on any atom is 0.179 e. The van der Waals surface area contributed by atoms with Crippen molar-refractivity contribution in [1.82, 2.24) is 20.4 Å². The van der Waals surface area contributed by atoms with E-state index in [0.29, 0.717) is 0 Å². The van der Waals surface area contributed by atoms with E-state index < -0.39 is 0 Å². The van der Waals surface area contributed by atoms with Gasteiger partial charge in [0, 0.05) is 0 Å². The SMILES string of the molecule is Cc1nnc(-c2nn[c]s2)s1. The van der Waals surface area contributed by atoms with Gasteiger partial charge in [0.1, 0.15) is 5.01 Å². The Balaban J connectivity index is 2.45. The third kappa shape index (κ3) is 1.26. The van der Waals surface area contributed by atoms with Gasteiger partial charge in [0.2, 0.25) is 0 Å². The van der Waals surface area contributed by atoms with E-state index in [2.05, 4.69) is 25.9 Å². The molecule has 2 aromatic heterocycles. The van der Waals surface area contributed by atoms with Crippen LogP contribution < -0.4 is 0 Å². The maximum atomic E-state index is 3.91. The van der Waals surface area contributed by atoms with E-state index in [9.17, 15) is 0 Å². The van der Waals surface area contributed by atoms with Crippen molar-refractivity contribution < 1.29 is 0 Å². The van der Waals surface area contributed by atoms with E-state index in [1.54, 1.807) is 0 Å². The predicted molar refractivity (Wildman–Crippen MR) is 42.4 cm³/mol. The predicted octanol–water partition coefficient (Wildman–Crippen LogP) is 1.17. The maximum absolute atomic E-state index is 3.91. The molecule has 0 atom stereocenters. The van der Waals surface area contributed by atoms with E-state index in [-0.39, 0.29) is 0 Å². The van der Waals surface area contributed by atoms with Crippen molar-refractivity contribution in [1.29, 1.82) is 0 Å². The third-order valence-electron chi connectivity index (χ3n) is 1.03. The van der Waals surface area contributed by atoms with Crippen LogP contribution in [0.25, 0.3) is 10.0 Å². The van der Waals surface area contributed by atoms with Crippen LogP contribution in [0.2, 0.25) is 0 Å². The molecule has 0 N–H and O–H groups in total. The van der Waals surface area contributed by atoms with Gasteiger partial charge in [-0.3, -0.25) is 0 Å². The van der Waals surface area contributed by atoms with Crippen LogP contribution in [0.15, 0.2) is 0 Å². The van der Waals surface area contributed by atoms with Crippen LogP contribution in [-0.4, -0.2) is 20.4 Å². The molecule has 0 aliphatic carbocycles. The van der Waals surface area contributed by atoms with Crippen molar-refractivity contribution in [2.24, 2.45) is 0 Å². The molecule has 2 aromatic rings. The lowest BCUT2D eigenvalue weighted by Gasteiger charge is -1.78. The van der Waals surface area contributed by atoms with E-state index in [4.69, 9.17) is 0 Å². The van der Waals surface area contributed by atoms with Crippen molar-refractivity contribution in [2.75, 3.05) is 0 Å². The Hall–Kier alpha value is -0.880. The molecule has 0 saturated carbocycles. The molecule has 0 bridgehead atoms. The summed E-state index contributed by atoms with van der Waals surface area (Å²) >= 11 is 2.86. The highest BCUT2D eigenvalue weighted by atomic mass is 32.1. The summed E-state index contributed by atoms with van der Waals surface area (Å²) in [5.41, 5.74) is 2.66. The average molecular weight is 183 g/mol. The first-order chi connectivity index (χ1) is 5.36. The van der Waals surface area contributed by atoms with Crippen molar-refractivity contribution in [3.63, 3.8) is 0 Å². The van der Waals surface area contributed by atoms with Gasteiger partial charge in [0.25, 0.3) is 0 Å². The van der Waals surface area contributed by atoms with Crippen molar-refractivity contribution in [2.45, 2.75) is 6.92 Å². The minimum absolute atomic E-state index is 0.788. The molecule has 0 aliphatic heterocycles. The molecule has 0 amide bonds. The van der Waals surface area contributed by atoms with Crippen LogP contribution in [0.1, 0.15) is 5.01 Å². The van der Waals surface area contributed by atoms with Gasteiger partial charge in [0.05, 0.1) is 0 Å². The van der Waals surface area contributed by atoms with Gasteiger partial charge >= 0.3 is 0 Å². The molecule has 0 unspecified atom stereocenters. The molecule has 0 saturated heterocycles. The molecule has 2 heterocycles. The molecule has 4 nitrogen and oxygen atoms in total. The molecule has 11 heavy (non-hydrogen) atoms. The molecular formula is C5H3N4S2. The zero-order valence-electron chi connectivity index (χ0n) is 5.61. The summed E-state index contributed by atoms with van der Waals surface area (Å²) in [6.07, 6.45) is 0. The van der Waals surface area contributed by atoms with Gasteiger partial charge in [0.15, 0.2) is 15.5 Å². The van der Waals surface area contributed by atoms with E-state index in [1.165, 1.54) is 22.7 Å². The quantitative estimate of drug-likeness (QED) is 0.665. The molecule has 0 fully saturated rings. The monoisotopic (exact) mass is 183 g/mol. The zero-order valence-corrected chi connectivity index (χ0v) is 7.24. The lowest BCUT2D eigenvalue weighted by Crippen LogP contribution is -1.74. The summed E-state index contributed by atoms with van der Waals surface area (Å²) in [5.74, 6) is 0. The highest BCUT2D eigenvalue weighted by Gasteiger charge is 2.06. The number of aromatic nitrogens is 4. The first-order valence-electron chi connectivity index (χ1n) is 2.86. The van der Waals surface area contributed by atoms with Crippen LogP contribution >= 0.6 is 22.7 Å². The second kappa shape index (κ2) is 2.63. The fraction of sp³-hybridized carbons (Fsp3) is 0.200. The second-order valence-electron chi connectivity index (χ2n) is 1.82. The van der Waals surface area contributed by atoms with Crippen molar-refractivity contribution >= 4 is 22.7 Å². The molecule has 1 radical (unpaired) electrons. The Morgan fingerprint density at radius 3 is 2.64 bits per heavy atom. The first-order valence-corrected chi connectivity index (χ1v) is 4.49. The molecule has 55 valence electrons. The zero-order chi connectivity index (χ0) is 7.68. The van der Waals surface area contributed by atoms with Crippen LogP contribution in [0.3, 0.4) is 0 Å². The summed E-state index contributed by atoms with van der Waals surface area (Å²) in [6, 6.07) is 0. The largest absolute Gasteiger partial charge is 0.179 e. The molecule has 0 spiro atoms.